The minimum Gasteiger partial charge on any atom is -0.493 e. The van der Waals surface area contributed by atoms with Gasteiger partial charge in [0.05, 0.1) is 19.8 Å². The maximum absolute atomic E-state index is 12.1. The summed E-state index contributed by atoms with van der Waals surface area (Å²) < 4.78 is 10.4. The lowest BCUT2D eigenvalue weighted by Crippen LogP contribution is -2.53. The zero-order chi connectivity index (χ0) is 14.8. The number of benzene rings is 1. The van der Waals surface area contributed by atoms with Crippen LogP contribution in [0.2, 0.25) is 0 Å². The van der Waals surface area contributed by atoms with Crippen LogP contribution in [0.1, 0.15) is 25.3 Å². The smallest absolute Gasteiger partial charge is 0.240 e. The zero-order valence-electron chi connectivity index (χ0n) is 12.2. The molecule has 5 heteroatoms. The number of rotatable bonds is 6. The molecule has 0 saturated heterocycles. The summed E-state index contributed by atoms with van der Waals surface area (Å²) in [6, 6.07) is 5.57. The van der Waals surface area contributed by atoms with Gasteiger partial charge in [-0.25, -0.2) is 0 Å². The number of amides is 1. The second kappa shape index (κ2) is 5.71. The molecule has 0 radical (unpaired) electrons. The molecule has 110 valence electrons. The molecule has 0 spiro atoms. The molecule has 1 aliphatic rings. The van der Waals surface area contributed by atoms with Crippen molar-refractivity contribution in [2.45, 2.75) is 31.8 Å². The quantitative estimate of drug-likeness (QED) is 0.826. The molecule has 1 aromatic rings. The van der Waals surface area contributed by atoms with Crippen LogP contribution in [0, 0.1) is 5.92 Å². The molecule has 1 atom stereocenters. The zero-order valence-corrected chi connectivity index (χ0v) is 12.2. The van der Waals surface area contributed by atoms with Gasteiger partial charge in [-0.05, 0) is 43.4 Å². The third-order valence-corrected chi connectivity index (χ3v) is 3.82. The van der Waals surface area contributed by atoms with Crippen molar-refractivity contribution < 1.29 is 14.3 Å². The fraction of sp³-hybridized carbons (Fsp3) is 0.533. The molecule has 0 heterocycles. The van der Waals surface area contributed by atoms with Crippen LogP contribution in [-0.4, -0.2) is 25.7 Å². The minimum atomic E-state index is -0.767. The summed E-state index contributed by atoms with van der Waals surface area (Å²) in [5, 5.41) is 2.89. The number of carbonyl (C=O) groups excluding carboxylic acids is 1. The number of hydrogen-bond donors (Lipinski definition) is 2. The summed E-state index contributed by atoms with van der Waals surface area (Å²) in [5.41, 5.74) is 6.25. The first-order chi connectivity index (χ1) is 9.48. The van der Waals surface area contributed by atoms with Crippen molar-refractivity contribution >= 4 is 5.91 Å². The fourth-order valence-electron chi connectivity index (χ4n) is 2.23. The third-order valence-electron chi connectivity index (χ3n) is 3.82. The Morgan fingerprint density at radius 2 is 2.00 bits per heavy atom. The number of nitrogens with two attached hydrogens (primary N) is 1. The lowest BCUT2D eigenvalue weighted by Gasteiger charge is -2.23. The Bertz CT molecular complexity index is 496. The first kappa shape index (κ1) is 14.7. The van der Waals surface area contributed by atoms with Crippen molar-refractivity contribution in [1.29, 1.82) is 0 Å². The predicted molar refractivity (Wildman–Crippen MR) is 76.7 cm³/mol. The summed E-state index contributed by atoms with van der Waals surface area (Å²) in [4.78, 5) is 12.1. The van der Waals surface area contributed by atoms with Gasteiger partial charge in [0, 0.05) is 6.54 Å². The summed E-state index contributed by atoms with van der Waals surface area (Å²) >= 11 is 0. The van der Waals surface area contributed by atoms with E-state index in [9.17, 15) is 4.79 Å². The third kappa shape index (κ3) is 3.04. The number of nitrogens with one attached hydrogen (secondary N) is 1. The second-order valence-electron chi connectivity index (χ2n) is 5.43. The molecule has 20 heavy (non-hydrogen) atoms. The van der Waals surface area contributed by atoms with Gasteiger partial charge in [0.1, 0.15) is 0 Å². The lowest BCUT2D eigenvalue weighted by atomic mass is 9.96. The van der Waals surface area contributed by atoms with Gasteiger partial charge in [-0.15, -0.1) is 0 Å². The molecule has 1 unspecified atom stereocenters. The molecular formula is C15H22N2O3. The molecule has 0 aromatic heterocycles. The van der Waals surface area contributed by atoms with Gasteiger partial charge >= 0.3 is 0 Å². The van der Waals surface area contributed by atoms with Crippen molar-refractivity contribution in [2.24, 2.45) is 11.7 Å². The molecular weight excluding hydrogens is 256 g/mol. The van der Waals surface area contributed by atoms with Crippen molar-refractivity contribution in [1.82, 2.24) is 5.32 Å². The van der Waals surface area contributed by atoms with E-state index in [4.69, 9.17) is 15.2 Å². The Hall–Kier alpha value is -1.75. The SMILES string of the molecule is COc1ccc(CNC(=O)C(C)(N)C2CC2)cc1OC. The first-order valence-corrected chi connectivity index (χ1v) is 6.77. The van der Waals surface area contributed by atoms with E-state index in [0.29, 0.717) is 24.0 Å². The average Bonchev–Trinajstić information content (AvgIpc) is 3.29. The lowest BCUT2D eigenvalue weighted by molar-refractivity contribution is -0.126. The normalized spacial score (nSPS) is 17.2. The van der Waals surface area contributed by atoms with Gasteiger partial charge in [-0.2, -0.15) is 0 Å². The number of ether oxygens (including phenoxy) is 2. The molecule has 1 aliphatic carbocycles. The van der Waals surface area contributed by atoms with Crippen molar-refractivity contribution in [2.75, 3.05) is 14.2 Å². The summed E-state index contributed by atoms with van der Waals surface area (Å²) in [7, 11) is 3.18. The highest BCUT2D eigenvalue weighted by molar-refractivity contribution is 5.86. The van der Waals surface area contributed by atoms with Crippen molar-refractivity contribution in [3.63, 3.8) is 0 Å². The highest BCUT2D eigenvalue weighted by Crippen LogP contribution is 2.38. The molecule has 0 bridgehead atoms. The summed E-state index contributed by atoms with van der Waals surface area (Å²) in [6.07, 6.45) is 2.08. The molecule has 1 amide bonds. The highest BCUT2D eigenvalue weighted by atomic mass is 16.5. The first-order valence-electron chi connectivity index (χ1n) is 6.77. The Morgan fingerprint density at radius 1 is 1.35 bits per heavy atom. The molecule has 1 aromatic carbocycles. The van der Waals surface area contributed by atoms with E-state index >= 15 is 0 Å². The van der Waals surface area contributed by atoms with E-state index in [-0.39, 0.29) is 5.91 Å². The second-order valence-corrected chi connectivity index (χ2v) is 5.43. The van der Waals surface area contributed by atoms with Crippen LogP contribution in [0.25, 0.3) is 0 Å². The molecule has 1 saturated carbocycles. The molecule has 3 N–H and O–H groups in total. The van der Waals surface area contributed by atoms with E-state index in [1.165, 1.54) is 0 Å². The van der Waals surface area contributed by atoms with Gasteiger partial charge < -0.3 is 20.5 Å². The van der Waals surface area contributed by atoms with Gasteiger partial charge in [0.25, 0.3) is 0 Å². The summed E-state index contributed by atoms with van der Waals surface area (Å²) in [6.45, 7) is 2.23. The Morgan fingerprint density at radius 3 is 2.55 bits per heavy atom. The van der Waals surface area contributed by atoms with Crippen LogP contribution in [0.4, 0.5) is 0 Å². The van der Waals surface area contributed by atoms with Gasteiger partial charge in [-0.1, -0.05) is 6.07 Å². The molecule has 2 rings (SSSR count). The topological polar surface area (TPSA) is 73.6 Å². The van der Waals surface area contributed by atoms with E-state index in [1.54, 1.807) is 21.1 Å². The van der Waals surface area contributed by atoms with Crippen molar-refractivity contribution in [3.8, 4) is 11.5 Å². The Balaban J connectivity index is 1.98. The highest BCUT2D eigenvalue weighted by Gasteiger charge is 2.43. The Labute approximate surface area is 119 Å². The molecule has 0 aliphatic heterocycles. The van der Waals surface area contributed by atoms with Gasteiger partial charge in [0.15, 0.2) is 11.5 Å². The number of hydrogen-bond acceptors (Lipinski definition) is 4. The number of methoxy groups -OCH3 is 2. The van der Waals surface area contributed by atoms with Crippen LogP contribution < -0.4 is 20.5 Å². The number of carbonyl (C=O) groups is 1. The molecule has 1 fully saturated rings. The maximum Gasteiger partial charge on any atom is 0.240 e. The average molecular weight is 278 g/mol. The van der Waals surface area contributed by atoms with Crippen LogP contribution in [0.3, 0.4) is 0 Å². The Kier molecular flexibility index (Phi) is 4.18. The van der Waals surface area contributed by atoms with Crippen LogP contribution in [0.15, 0.2) is 18.2 Å². The van der Waals surface area contributed by atoms with Gasteiger partial charge in [0.2, 0.25) is 5.91 Å². The largest absolute Gasteiger partial charge is 0.493 e. The van der Waals surface area contributed by atoms with E-state index < -0.39 is 5.54 Å². The molecule has 5 nitrogen and oxygen atoms in total. The van der Waals surface area contributed by atoms with Crippen LogP contribution in [-0.2, 0) is 11.3 Å². The van der Waals surface area contributed by atoms with Crippen LogP contribution in [0.5, 0.6) is 11.5 Å². The predicted octanol–water partition coefficient (Wildman–Crippen LogP) is 1.45. The van der Waals surface area contributed by atoms with E-state index in [0.717, 1.165) is 18.4 Å². The monoisotopic (exact) mass is 278 g/mol. The maximum atomic E-state index is 12.1. The fourth-order valence-corrected chi connectivity index (χ4v) is 2.23. The van der Waals surface area contributed by atoms with E-state index in [1.807, 2.05) is 18.2 Å². The van der Waals surface area contributed by atoms with E-state index in [2.05, 4.69) is 5.32 Å². The summed E-state index contributed by atoms with van der Waals surface area (Å²) in [5.74, 6) is 1.53. The van der Waals surface area contributed by atoms with Crippen LogP contribution >= 0.6 is 0 Å². The van der Waals surface area contributed by atoms with Crippen molar-refractivity contribution in [3.05, 3.63) is 23.8 Å². The minimum absolute atomic E-state index is 0.102. The standard InChI is InChI=1S/C15H22N2O3/c1-15(16,11-5-6-11)14(18)17-9-10-4-7-12(19-2)13(8-10)20-3/h4,7-8,11H,5-6,9,16H2,1-3H3,(H,17,18). The van der Waals surface area contributed by atoms with Gasteiger partial charge in [-0.3, -0.25) is 4.79 Å².